The van der Waals surface area contributed by atoms with Crippen molar-refractivity contribution in [3.63, 3.8) is 0 Å². The molecule has 0 aliphatic rings. The van der Waals surface area contributed by atoms with Crippen LogP contribution < -0.4 is 4.74 Å². The molecular weight excluding hydrogens is 212 g/mol. The molecule has 0 bridgehead atoms. The first-order chi connectivity index (χ1) is 7.88. The fourth-order valence-corrected chi connectivity index (χ4v) is 2.13. The molecule has 0 unspecified atom stereocenters. The fraction of sp³-hybridized carbons (Fsp3) is 0.333. The van der Waals surface area contributed by atoms with Crippen molar-refractivity contribution in [1.82, 2.24) is 0 Å². The van der Waals surface area contributed by atoms with Crippen LogP contribution in [0.5, 0.6) is 5.75 Å². The molecule has 2 heteroatoms. The van der Waals surface area contributed by atoms with E-state index in [1.807, 2.05) is 33.8 Å². The van der Waals surface area contributed by atoms with Gasteiger partial charge in [0.15, 0.2) is 0 Å². The Kier molecular flexibility index (Phi) is 3.93. The highest BCUT2D eigenvalue weighted by Crippen LogP contribution is 2.32. The second-order valence-corrected chi connectivity index (χ2v) is 4.23. The second-order valence-electron chi connectivity index (χ2n) is 4.23. The largest absolute Gasteiger partial charge is 0.426 e. The Bertz CT molecular complexity index is 518. The summed E-state index contributed by atoms with van der Waals surface area (Å²) in [6, 6.07) is 2.02. The smallest absolute Gasteiger partial charge is 0.308 e. The highest BCUT2D eigenvalue weighted by atomic mass is 16.5. The van der Waals surface area contributed by atoms with Gasteiger partial charge in [-0.3, -0.25) is 4.79 Å². The van der Waals surface area contributed by atoms with Crippen LogP contribution in [-0.4, -0.2) is 5.97 Å². The number of hydrogen-bond acceptors (Lipinski definition) is 2. The summed E-state index contributed by atoms with van der Waals surface area (Å²) in [4.78, 5) is 11.1. The Morgan fingerprint density at radius 3 is 2.29 bits per heavy atom. The van der Waals surface area contributed by atoms with Gasteiger partial charge in [0.2, 0.25) is 0 Å². The van der Waals surface area contributed by atoms with Gasteiger partial charge in [0.25, 0.3) is 0 Å². The zero-order chi connectivity index (χ0) is 13.2. The van der Waals surface area contributed by atoms with Gasteiger partial charge in [0, 0.05) is 12.5 Å². The van der Waals surface area contributed by atoms with Crippen molar-refractivity contribution in [2.24, 2.45) is 0 Å². The molecule has 1 rings (SSSR count). The van der Waals surface area contributed by atoms with Crippen molar-refractivity contribution >= 4 is 11.5 Å². The third-order valence-electron chi connectivity index (χ3n) is 2.79. The molecule has 0 spiro atoms. The van der Waals surface area contributed by atoms with Crippen molar-refractivity contribution in [2.45, 2.75) is 34.6 Å². The number of esters is 1. The van der Waals surface area contributed by atoms with Crippen LogP contribution in [0.15, 0.2) is 18.4 Å². The molecule has 2 nitrogen and oxygen atoms in total. The van der Waals surface area contributed by atoms with Gasteiger partial charge in [-0.2, -0.15) is 0 Å². The van der Waals surface area contributed by atoms with Crippen LogP contribution in [0.25, 0.3) is 5.57 Å². The maximum Gasteiger partial charge on any atom is 0.308 e. The zero-order valence-electron chi connectivity index (χ0n) is 11.1. The summed E-state index contributed by atoms with van der Waals surface area (Å²) >= 11 is 0. The Balaban J connectivity index is 3.53. The number of aryl methyl sites for hydroxylation is 2. The monoisotopic (exact) mass is 230 g/mol. The predicted octanol–water partition coefficient (Wildman–Crippen LogP) is 3.73. The first kappa shape index (κ1) is 13.3. The predicted molar refractivity (Wildman–Crippen MR) is 70.2 cm³/mol. The number of hydrogen-bond donors (Lipinski definition) is 0. The number of allylic oxidation sites excluding steroid dienone is 1. The molecular formula is C15H18O2. The summed E-state index contributed by atoms with van der Waals surface area (Å²) in [7, 11) is 0. The van der Waals surface area contributed by atoms with E-state index < -0.39 is 0 Å². The first-order valence-corrected chi connectivity index (χ1v) is 5.54. The van der Waals surface area contributed by atoms with Gasteiger partial charge in [0.05, 0.1) is 0 Å². The SMILES string of the molecule is C=C=C(C)c1c(C)cc(C)c(OC(C)=O)c1C. The molecule has 90 valence electrons. The molecule has 0 saturated carbocycles. The topological polar surface area (TPSA) is 26.3 Å². The zero-order valence-corrected chi connectivity index (χ0v) is 11.1. The van der Waals surface area contributed by atoms with Crippen LogP contribution in [0.4, 0.5) is 0 Å². The van der Waals surface area contributed by atoms with Gasteiger partial charge < -0.3 is 4.74 Å². The lowest BCUT2D eigenvalue weighted by Crippen LogP contribution is -2.06. The molecule has 17 heavy (non-hydrogen) atoms. The molecule has 0 radical (unpaired) electrons. The molecule has 0 amide bonds. The van der Waals surface area contributed by atoms with Crippen molar-refractivity contribution in [1.29, 1.82) is 0 Å². The lowest BCUT2D eigenvalue weighted by molar-refractivity contribution is -0.131. The van der Waals surface area contributed by atoms with E-state index in [2.05, 4.69) is 12.3 Å². The van der Waals surface area contributed by atoms with Gasteiger partial charge in [-0.05, 0) is 50.0 Å². The molecule has 0 heterocycles. The molecule has 0 saturated heterocycles. The first-order valence-electron chi connectivity index (χ1n) is 5.54. The maximum atomic E-state index is 11.1. The average molecular weight is 230 g/mol. The van der Waals surface area contributed by atoms with Crippen molar-refractivity contribution in [3.05, 3.63) is 40.6 Å². The van der Waals surface area contributed by atoms with E-state index in [-0.39, 0.29) is 5.97 Å². The van der Waals surface area contributed by atoms with Gasteiger partial charge in [-0.25, -0.2) is 0 Å². The van der Waals surface area contributed by atoms with Crippen molar-refractivity contribution in [2.75, 3.05) is 0 Å². The molecule has 0 N–H and O–H groups in total. The molecule has 0 atom stereocenters. The highest BCUT2D eigenvalue weighted by Gasteiger charge is 2.14. The van der Waals surface area contributed by atoms with E-state index in [0.717, 1.165) is 27.8 Å². The number of rotatable bonds is 2. The highest BCUT2D eigenvalue weighted by molar-refractivity contribution is 5.75. The quantitative estimate of drug-likeness (QED) is 0.439. The molecule has 0 aromatic heterocycles. The van der Waals surface area contributed by atoms with Gasteiger partial charge in [-0.1, -0.05) is 12.6 Å². The third kappa shape index (κ3) is 2.66. The Morgan fingerprint density at radius 1 is 1.24 bits per heavy atom. The van der Waals surface area contributed by atoms with Gasteiger partial charge in [0.1, 0.15) is 5.75 Å². The minimum Gasteiger partial charge on any atom is -0.426 e. The Hall–Kier alpha value is -1.79. The van der Waals surface area contributed by atoms with Gasteiger partial charge in [-0.15, -0.1) is 5.73 Å². The summed E-state index contributed by atoms with van der Waals surface area (Å²) in [6.45, 7) is 13.0. The third-order valence-corrected chi connectivity index (χ3v) is 2.79. The summed E-state index contributed by atoms with van der Waals surface area (Å²) in [5, 5.41) is 0. The van der Waals surface area contributed by atoms with E-state index in [1.54, 1.807) is 0 Å². The number of carbonyl (C=O) groups excluding carboxylic acids is 1. The van der Waals surface area contributed by atoms with Crippen molar-refractivity contribution in [3.8, 4) is 5.75 Å². The van der Waals surface area contributed by atoms with Crippen LogP contribution in [-0.2, 0) is 4.79 Å². The fourth-order valence-electron chi connectivity index (χ4n) is 2.13. The lowest BCUT2D eigenvalue weighted by atomic mass is 9.94. The molecule has 0 aliphatic carbocycles. The molecule has 0 fully saturated rings. The van der Waals surface area contributed by atoms with Crippen LogP contribution in [0.1, 0.15) is 36.1 Å². The van der Waals surface area contributed by atoms with Crippen molar-refractivity contribution < 1.29 is 9.53 Å². The number of ether oxygens (including phenoxy) is 1. The van der Waals surface area contributed by atoms with E-state index in [1.165, 1.54) is 6.92 Å². The minimum absolute atomic E-state index is 0.300. The van der Waals surface area contributed by atoms with Gasteiger partial charge >= 0.3 is 5.97 Å². The Labute approximate surface area is 103 Å². The second kappa shape index (κ2) is 5.03. The summed E-state index contributed by atoms with van der Waals surface area (Å²) in [6.07, 6.45) is 0. The minimum atomic E-state index is -0.300. The standard InChI is InChI=1S/C15H18O2/c1-7-9(2)14-10(3)8-11(4)15(12(14)5)17-13(6)16/h8H,1H2,2-6H3. The van der Waals surface area contributed by atoms with Crippen LogP contribution in [0, 0.1) is 20.8 Å². The van der Waals surface area contributed by atoms with Crippen LogP contribution in [0.2, 0.25) is 0 Å². The van der Waals surface area contributed by atoms with E-state index >= 15 is 0 Å². The maximum absolute atomic E-state index is 11.1. The molecule has 0 aliphatic heterocycles. The normalized spacial score (nSPS) is 9.71. The average Bonchev–Trinajstić information content (AvgIpc) is 2.23. The lowest BCUT2D eigenvalue weighted by Gasteiger charge is -2.16. The Morgan fingerprint density at radius 2 is 1.82 bits per heavy atom. The summed E-state index contributed by atoms with van der Waals surface area (Å²) in [5.74, 6) is 0.346. The van der Waals surface area contributed by atoms with E-state index in [4.69, 9.17) is 4.74 Å². The van der Waals surface area contributed by atoms with E-state index in [0.29, 0.717) is 5.75 Å². The number of carbonyl (C=O) groups is 1. The van der Waals surface area contributed by atoms with Crippen LogP contribution >= 0.6 is 0 Å². The van der Waals surface area contributed by atoms with Crippen LogP contribution in [0.3, 0.4) is 0 Å². The van der Waals surface area contributed by atoms with E-state index in [9.17, 15) is 4.79 Å². The number of benzene rings is 1. The summed E-state index contributed by atoms with van der Waals surface area (Å²) < 4.78 is 5.27. The molecule has 1 aromatic rings. The molecule has 1 aromatic carbocycles. The summed E-state index contributed by atoms with van der Waals surface area (Å²) in [5.41, 5.74) is 7.99.